The number of ether oxygens (including phenoxy) is 1. The number of carbonyl (C=O) groups is 1. The van der Waals surface area contributed by atoms with Crippen molar-refractivity contribution in [2.24, 2.45) is 0 Å². The molecule has 1 saturated heterocycles. The first-order valence-electron chi connectivity index (χ1n) is 7.87. The third-order valence-electron chi connectivity index (χ3n) is 3.64. The van der Waals surface area contributed by atoms with Crippen molar-refractivity contribution in [1.82, 2.24) is 14.5 Å². The molecule has 1 aliphatic rings. The predicted octanol–water partition coefficient (Wildman–Crippen LogP) is 1.73. The lowest BCUT2D eigenvalue weighted by molar-refractivity contribution is -0.118. The van der Waals surface area contributed by atoms with Gasteiger partial charge in [0.25, 0.3) is 15.9 Å². The highest BCUT2D eigenvalue weighted by molar-refractivity contribution is 7.91. The van der Waals surface area contributed by atoms with E-state index in [-0.39, 0.29) is 16.1 Å². The molecule has 0 radical (unpaired) electrons. The molecule has 0 aliphatic carbocycles. The van der Waals surface area contributed by atoms with Crippen LogP contribution in [-0.2, 0) is 14.8 Å². The highest BCUT2D eigenvalue weighted by Crippen LogP contribution is 2.25. The van der Waals surface area contributed by atoms with Gasteiger partial charge in [-0.3, -0.25) is 10.1 Å². The summed E-state index contributed by atoms with van der Waals surface area (Å²) < 4.78 is 31.6. The first kappa shape index (κ1) is 17.8. The minimum Gasteiger partial charge on any atom is -0.484 e. The van der Waals surface area contributed by atoms with E-state index >= 15 is 0 Å². The predicted molar refractivity (Wildman–Crippen MR) is 93.1 cm³/mol. The zero-order chi connectivity index (χ0) is 17.7. The van der Waals surface area contributed by atoms with Crippen molar-refractivity contribution in [3.63, 3.8) is 0 Å². The first-order chi connectivity index (χ1) is 12.1. The lowest BCUT2D eigenvalue weighted by Crippen LogP contribution is -2.35. The number of piperidine rings is 1. The molecule has 3 rings (SSSR count). The number of aromatic nitrogens is 2. The molecule has 0 unspecified atom stereocenters. The molecule has 1 aliphatic heterocycles. The molecule has 8 nitrogen and oxygen atoms in total. The van der Waals surface area contributed by atoms with Crippen LogP contribution in [0.3, 0.4) is 0 Å². The van der Waals surface area contributed by atoms with E-state index < -0.39 is 15.9 Å². The van der Waals surface area contributed by atoms with Gasteiger partial charge >= 0.3 is 0 Å². The molecule has 10 heteroatoms. The third kappa shape index (κ3) is 4.53. The molecular formula is C15H18N4O4S2. The SMILES string of the molecule is O=C(COc1ccccc1)Nc1nnc(S(=O)(=O)N2CCCCC2)s1. The normalized spacial score (nSPS) is 15.7. The van der Waals surface area contributed by atoms with Gasteiger partial charge in [0.2, 0.25) is 9.47 Å². The number of para-hydroxylation sites is 1. The Labute approximate surface area is 149 Å². The van der Waals surface area contributed by atoms with Crippen molar-refractivity contribution in [2.75, 3.05) is 25.0 Å². The summed E-state index contributed by atoms with van der Waals surface area (Å²) in [5.74, 6) is 0.144. The molecule has 1 aromatic heterocycles. The van der Waals surface area contributed by atoms with Gasteiger partial charge in [-0.15, -0.1) is 10.2 Å². The number of hydrogen-bond acceptors (Lipinski definition) is 7. The average Bonchev–Trinajstić information content (AvgIpc) is 3.11. The quantitative estimate of drug-likeness (QED) is 0.764. The number of amides is 1. The standard InChI is InChI=1S/C15H18N4O4S2/c20-13(11-23-12-7-3-1-4-8-12)16-14-17-18-15(24-14)25(21,22)19-9-5-2-6-10-19/h1,3-4,7-8H,2,5-6,9-11H2,(H,16,17,20). The molecule has 134 valence electrons. The Morgan fingerprint density at radius 1 is 1.16 bits per heavy atom. The fourth-order valence-electron chi connectivity index (χ4n) is 2.40. The Balaban J connectivity index is 1.58. The van der Waals surface area contributed by atoms with Crippen molar-refractivity contribution in [2.45, 2.75) is 23.6 Å². The van der Waals surface area contributed by atoms with Gasteiger partial charge in [0.15, 0.2) is 6.61 Å². The Hall–Kier alpha value is -2.04. The molecule has 2 heterocycles. The minimum absolute atomic E-state index is 0.103. The van der Waals surface area contributed by atoms with Crippen LogP contribution in [0, 0.1) is 0 Å². The smallest absolute Gasteiger partial charge is 0.272 e. The average molecular weight is 382 g/mol. The third-order valence-corrected chi connectivity index (χ3v) is 6.72. The Morgan fingerprint density at radius 2 is 1.88 bits per heavy atom. The summed E-state index contributed by atoms with van der Waals surface area (Å²) in [6.45, 7) is 0.793. The van der Waals surface area contributed by atoms with Gasteiger partial charge < -0.3 is 4.74 Å². The highest BCUT2D eigenvalue weighted by atomic mass is 32.2. The molecule has 1 aromatic carbocycles. The molecule has 25 heavy (non-hydrogen) atoms. The molecule has 1 amide bonds. The molecule has 2 aromatic rings. The summed E-state index contributed by atoms with van der Waals surface area (Å²) in [6, 6.07) is 8.92. The van der Waals surface area contributed by atoms with Gasteiger partial charge in [0.1, 0.15) is 5.75 Å². The molecular weight excluding hydrogens is 364 g/mol. The van der Waals surface area contributed by atoms with Gasteiger partial charge in [0, 0.05) is 13.1 Å². The van der Waals surface area contributed by atoms with Crippen LogP contribution < -0.4 is 10.1 Å². The minimum atomic E-state index is -3.64. The van der Waals surface area contributed by atoms with E-state index in [2.05, 4.69) is 15.5 Å². The second-order valence-electron chi connectivity index (χ2n) is 5.49. The van der Waals surface area contributed by atoms with Crippen LogP contribution in [-0.4, -0.2) is 48.5 Å². The molecule has 1 fully saturated rings. The van der Waals surface area contributed by atoms with E-state index in [1.165, 1.54) is 4.31 Å². The van der Waals surface area contributed by atoms with Gasteiger partial charge in [0.05, 0.1) is 0 Å². The molecule has 0 spiro atoms. The van der Waals surface area contributed by atoms with Gasteiger partial charge in [-0.2, -0.15) is 4.31 Å². The largest absolute Gasteiger partial charge is 0.484 e. The van der Waals surface area contributed by atoms with Gasteiger partial charge in [-0.1, -0.05) is 36.0 Å². The van der Waals surface area contributed by atoms with E-state index in [1.807, 2.05) is 6.07 Å². The van der Waals surface area contributed by atoms with E-state index in [0.717, 1.165) is 30.6 Å². The number of carbonyl (C=O) groups excluding carboxylic acids is 1. The number of hydrogen-bond donors (Lipinski definition) is 1. The second kappa shape index (κ2) is 7.89. The monoisotopic (exact) mass is 382 g/mol. The summed E-state index contributed by atoms with van der Waals surface area (Å²) >= 11 is 0.844. The Morgan fingerprint density at radius 3 is 2.60 bits per heavy atom. The van der Waals surface area contributed by atoms with Crippen LogP contribution in [0.25, 0.3) is 0 Å². The summed E-state index contributed by atoms with van der Waals surface area (Å²) in [6.07, 6.45) is 2.72. The lowest BCUT2D eigenvalue weighted by Gasteiger charge is -2.24. The molecule has 0 saturated carbocycles. The number of sulfonamides is 1. The summed E-state index contributed by atoms with van der Waals surface area (Å²) in [7, 11) is -3.64. The van der Waals surface area contributed by atoms with Crippen LogP contribution in [0.5, 0.6) is 5.75 Å². The van der Waals surface area contributed by atoms with E-state index in [9.17, 15) is 13.2 Å². The Bertz CT molecular complexity index is 817. The maximum absolute atomic E-state index is 12.5. The number of benzene rings is 1. The van der Waals surface area contributed by atoms with Crippen molar-refractivity contribution in [1.29, 1.82) is 0 Å². The van der Waals surface area contributed by atoms with Crippen molar-refractivity contribution < 1.29 is 17.9 Å². The van der Waals surface area contributed by atoms with E-state index in [0.29, 0.717) is 18.8 Å². The maximum Gasteiger partial charge on any atom is 0.272 e. The summed E-state index contributed by atoms with van der Waals surface area (Å²) in [5.41, 5.74) is 0. The summed E-state index contributed by atoms with van der Waals surface area (Å²) in [5, 5.41) is 10.1. The van der Waals surface area contributed by atoms with Gasteiger partial charge in [-0.05, 0) is 25.0 Å². The fourth-order valence-corrected chi connectivity index (χ4v) is 4.97. The zero-order valence-corrected chi connectivity index (χ0v) is 15.1. The lowest BCUT2D eigenvalue weighted by atomic mass is 10.2. The van der Waals surface area contributed by atoms with E-state index in [4.69, 9.17) is 4.74 Å². The van der Waals surface area contributed by atoms with Crippen LogP contribution in [0.2, 0.25) is 0 Å². The fraction of sp³-hybridized carbons (Fsp3) is 0.400. The topological polar surface area (TPSA) is 101 Å². The maximum atomic E-state index is 12.5. The highest BCUT2D eigenvalue weighted by Gasteiger charge is 2.29. The van der Waals surface area contributed by atoms with Gasteiger partial charge in [-0.25, -0.2) is 8.42 Å². The Kier molecular flexibility index (Phi) is 5.61. The van der Waals surface area contributed by atoms with E-state index in [1.54, 1.807) is 24.3 Å². The van der Waals surface area contributed by atoms with Crippen molar-refractivity contribution in [3.05, 3.63) is 30.3 Å². The van der Waals surface area contributed by atoms with Crippen molar-refractivity contribution in [3.8, 4) is 5.75 Å². The van der Waals surface area contributed by atoms with Crippen LogP contribution in [0.1, 0.15) is 19.3 Å². The molecule has 0 bridgehead atoms. The number of rotatable bonds is 6. The molecule has 1 N–H and O–H groups in total. The number of nitrogens with zero attached hydrogens (tertiary/aromatic N) is 3. The first-order valence-corrected chi connectivity index (χ1v) is 10.1. The van der Waals surface area contributed by atoms with Crippen LogP contribution >= 0.6 is 11.3 Å². The van der Waals surface area contributed by atoms with Crippen molar-refractivity contribution >= 4 is 32.4 Å². The van der Waals surface area contributed by atoms with Crippen LogP contribution in [0.4, 0.5) is 5.13 Å². The summed E-state index contributed by atoms with van der Waals surface area (Å²) in [4.78, 5) is 11.9. The second-order valence-corrected chi connectivity index (χ2v) is 8.58. The number of anilines is 1. The van der Waals surface area contributed by atoms with Crippen LogP contribution in [0.15, 0.2) is 34.7 Å². The zero-order valence-electron chi connectivity index (χ0n) is 13.4. The number of nitrogens with one attached hydrogen (secondary N) is 1. The molecule has 0 atom stereocenters.